The van der Waals surface area contributed by atoms with E-state index in [0.29, 0.717) is 19.4 Å². The number of hydrogen-bond acceptors (Lipinski definition) is 3. The van der Waals surface area contributed by atoms with Crippen LogP contribution in [0.3, 0.4) is 0 Å². The van der Waals surface area contributed by atoms with E-state index in [9.17, 15) is 9.59 Å². The molecule has 0 radical (unpaired) electrons. The first-order valence-corrected chi connectivity index (χ1v) is 7.43. The van der Waals surface area contributed by atoms with Crippen molar-refractivity contribution in [2.45, 2.75) is 31.7 Å². The highest BCUT2D eigenvalue weighted by molar-refractivity contribution is 5.81. The molecule has 0 spiro atoms. The summed E-state index contributed by atoms with van der Waals surface area (Å²) in [6, 6.07) is 7.84. The van der Waals surface area contributed by atoms with Crippen molar-refractivity contribution in [2.75, 3.05) is 18.4 Å². The van der Waals surface area contributed by atoms with Crippen LogP contribution in [0.1, 0.15) is 31.2 Å². The minimum absolute atomic E-state index is 0.0646. The zero-order valence-corrected chi connectivity index (χ0v) is 12.1. The van der Waals surface area contributed by atoms with Crippen molar-refractivity contribution in [3.05, 3.63) is 29.8 Å². The van der Waals surface area contributed by atoms with Gasteiger partial charge in [0.15, 0.2) is 0 Å². The Morgan fingerprint density at radius 3 is 2.86 bits per heavy atom. The van der Waals surface area contributed by atoms with E-state index in [4.69, 9.17) is 5.11 Å². The standard InChI is InChI=1S/C16H20N2O3/c1-10-12(16(20)21)6-7-18(10)15(19)8-11-9-17-14-5-3-2-4-13(11)14/h2-5,10-12,17H,6-9H2,1H3,(H,20,21). The molecule has 3 unspecified atom stereocenters. The van der Waals surface area contributed by atoms with Crippen LogP contribution in [0.15, 0.2) is 24.3 Å². The average molecular weight is 288 g/mol. The molecular weight excluding hydrogens is 268 g/mol. The Morgan fingerprint density at radius 1 is 1.38 bits per heavy atom. The molecule has 0 aliphatic carbocycles. The SMILES string of the molecule is CC1C(C(=O)O)CCN1C(=O)CC1CNc2ccccc21. The number of likely N-dealkylation sites (tertiary alicyclic amines) is 1. The first-order chi connectivity index (χ1) is 10.1. The van der Waals surface area contributed by atoms with E-state index in [1.54, 1.807) is 4.90 Å². The number of carbonyl (C=O) groups is 2. The van der Waals surface area contributed by atoms with Gasteiger partial charge < -0.3 is 15.3 Å². The fraction of sp³-hybridized carbons (Fsp3) is 0.500. The predicted molar refractivity (Wildman–Crippen MR) is 79.2 cm³/mol. The summed E-state index contributed by atoms with van der Waals surface area (Å²) < 4.78 is 0. The molecular formula is C16H20N2O3. The number of amides is 1. The monoisotopic (exact) mass is 288 g/mol. The summed E-state index contributed by atoms with van der Waals surface area (Å²) in [6.07, 6.45) is 1.00. The van der Waals surface area contributed by atoms with Gasteiger partial charge in [0.25, 0.3) is 0 Å². The number of aliphatic carboxylic acids is 1. The zero-order valence-electron chi connectivity index (χ0n) is 12.1. The maximum atomic E-state index is 12.5. The average Bonchev–Trinajstić information content (AvgIpc) is 3.03. The third-order valence-electron chi connectivity index (χ3n) is 4.75. The smallest absolute Gasteiger partial charge is 0.308 e. The molecule has 2 N–H and O–H groups in total. The summed E-state index contributed by atoms with van der Waals surface area (Å²) in [6.45, 7) is 3.17. The van der Waals surface area contributed by atoms with E-state index in [2.05, 4.69) is 11.4 Å². The van der Waals surface area contributed by atoms with Gasteiger partial charge in [0.05, 0.1) is 5.92 Å². The molecule has 1 aromatic carbocycles. The minimum Gasteiger partial charge on any atom is -0.481 e. The molecule has 112 valence electrons. The molecule has 3 rings (SSSR count). The number of benzene rings is 1. The molecule has 2 heterocycles. The molecule has 1 amide bonds. The van der Waals surface area contributed by atoms with E-state index in [-0.39, 0.29) is 17.9 Å². The highest BCUT2D eigenvalue weighted by atomic mass is 16.4. The fourth-order valence-electron chi connectivity index (χ4n) is 3.49. The number of rotatable bonds is 3. The molecule has 0 saturated carbocycles. The Labute approximate surface area is 123 Å². The molecule has 21 heavy (non-hydrogen) atoms. The van der Waals surface area contributed by atoms with Gasteiger partial charge in [-0.2, -0.15) is 0 Å². The normalized spacial score (nSPS) is 27.3. The zero-order chi connectivity index (χ0) is 15.0. The number of carbonyl (C=O) groups excluding carboxylic acids is 1. The van der Waals surface area contributed by atoms with Gasteiger partial charge >= 0.3 is 5.97 Å². The van der Waals surface area contributed by atoms with Crippen LogP contribution in [0.2, 0.25) is 0 Å². The second-order valence-corrected chi connectivity index (χ2v) is 5.93. The Kier molecular flexibility index (Phi) is 3.57. The van der Waals surface area contributed by atoms with Crippen LogP contribution in [-0.4, -0.2) is 41.0 Å². The second kappa shape index (κ2) is 5.39. The Balaban J connectivity index is 1.67. The highest BCUT2D eigenvalue weighted by Gasteiger charge is 2.39. The number of para-hydroxylation sites is 1. The molecule has 2 aliphatic rings. The summed E-state index contributed by atoms with van der Waals surface area (Å²) in [5.74, 6) is -0.979. The summed E-state index contributed by atoms with van der Waals surface area (Å²) in [7, 11) is 0. The van der Waals surface area contributed by atoms with Crippen LogP contribution in [0.25, 0.3) is 0 Å². The Bertz CT molecular complexity index is 572. The molecule has 0 bridgehead atoms. The van der Waals surface area contributed by atoms with Gasteiger partial charge in [0, 0.05) is 37.2 Å². The number of nitrogens with zero attached hydrogens (tertiary/aromatic N) is 1. The van der Waals surface area contributed by atoms with Gasteiger partial charge in [0.2, 0.25) is 5.91 Å². The third-order valence-corrected chi connectivity index (χ3v) is 4.75. The van der Waals surface area contributed by atoms with Crippen LogP contribution in [0.5, 0.6) is 0 Å². The Hall–Kier alpha value is -2.04. The quantitative estimate of drug-likeness (QED) is 0.891. The van der Waals surface area contributed by atoms with Gasteiger partial charge in [-0.05, 0) is 25.0 Å². The van der Waals surface area contributed by atoms with Crippen LogP contribution >= 0.6 is 0 Å². The summed E-state index contributed by atoms with van der Waals surface area (Å²) in [4.78, 5) is 25.4. The van der Waals surface area contributed by atoms with Gasteiger partial charge in [-0.3, -0.25) is 9.59 Å². The van der Waals surface area contributed by atoms with Crippen molar-refractivity contribution >= 4 is 17.6 Å². The van der Waals surface area contributed by atoms with Crippen molar-refractivity contribution < 1.29 is 14.7 Å². The molecule has 5 heteroatoms. The van der Waals surface area contributed by atoms with Crippen LogP contribution in [-0.2, 0) is 9.59 Å². The van der Waals surface area contributed by atoms with Gasteiger partial charge in [-0.15, -0.1) is 0 Å². The lowest BCUT2D eigenvalue weighted by Gasteiger charge is -2.24. The molecule has 1 aromatic rings. The largest absolute Gasteiger partial charge is 0.481 e. The molecule has 1 saturated heterocycles. The number of hydrogen-bond donors (Lipinski definition) is 2. The predicted octanol–water partition coefficient (Wildman–Crippen LogP) is 1.91. The van der Waals surface area contributed by atoms with Gasteiger partial charge in [-0.1, -0.05) is 18.2 Å². The first-order valence-electron chi connectivity index (χ1n) is 7.43. The number of fused-ring (bicyclic) bond motifs is 1. The summed E-state index contributed by atoms with van der Waals surface area (Å²) in [5, 5.41) is 12.5. The summed E-state index contributed by atoms with van der Waals surface area (Å²) >= 11 is 0. The van der Waals surface area contributed by atoms with Crippen molar-refractivity contribution in [1.29, 1.82) is 0 Å². The van der Waals surface area contributed by atoms with Crippen molar-refractivity contribution in [2.24, 2.45) is 5.92 Å². The molecule has 5 nitrogen and oxygen atoms in total. The first kappa shape index (κ1) is 13.9. The molecule has 2 aliphatic heterocycles. The van der Waals surface area contributed by atoms with E-state index < -0.39 is 11.9 Å². The number of anilines is 1. The number of nitrogens with one attached hydrogen (secondary N) is 1. The van der Waals surface area contributed by atoms with Crippen molar-refractivity contribution in [1.82, 2.24) is 4.90 Å². The second-order valence-electron chi connectivity index (χ2n) is 5.93. The van der Waals surface area contributed by atoms with Crippen LogP contribution < -0.4 is 5.32 Å². The maximum Gasteiger partial charge on any atom is 0.308 e. The van der Waals surface area contributed by atoms with Crippen molar-refractivity contribution in [3.8, 4) is 0 Å². The van der Waals surface area contributed by atoms with Gasteiger partial charge in [-0.25, -0.2) is 0 Å². The Morgan fingerprint density at radius 2 is 2.14 bits per heavy atom. The van der Waals surface area contributed by atoms with Gasteiger partial charge in [0.1, 0.15) is 0 Å². The van der Waals surface area contributed by atoms with Crippen molar-refractivity contribution in [3.63, 3.8) is 0 Å². The number of carboxylic acids is 1. The van der Waals surface area contributed by atoms with E-state index in [1.165, 1.54) is 5.56 Å². The molecule has 3 atom stereocenters. The lowest BCUT2D eigenvalue weighted by atomic mass is 9.97. The van der Waals surface area contributed by atoms with Crippen LogP contribution in [0.4, 0.5) is 5.69 Å². The highest BCUT2D eigenvalue weighted by Crippen LogP contribution is 2.34. The van der Waals surface area contributed by atoms with Crippen LogP contribution in [0, 0.1) is 5.92 Å². The third kappa shape index (κ3) is 2.48. The number of carboxylic acid groups (broad SMARTS) is 1. The van der Waals surface area contributed by atoms with E-state index >= 15 is 0 Å². The topological polar surface area (TPSA) is 69.6 Å². The van der Waals surface area contributed by atoms with E-state index in [0.717, 1.165) is 12.2 Å². The lowest BCUT2D eigenvalue weighted by Crippen LogP contribution is -2.38. The maximum absolute atomic E-state index is 12.5. The van der Waals surface area contributed by atoms with E-state index in [1.807, 2.05) is 25.1 Å². The lowest BCUT2D eigenvalue weighted by molar-refractivity contribution is -0.143. The molecule has 1 fully saturated rings. The fourth-order valence-corrected chi connectivity index (χ4v) is 3.49. The molecule has 0 aromatic heterocycles. The minimum atomic E-state index is -0.800. The summed E-state index contributed by atoms with van der Waals surface area (Å²) in [5.41, 5.74) is 2.29.